The molecule has 5 aromatic rings. The van der Waals surface area contributed by atoms with E-state index in [0.717, 1.165) is 27.9 Å². The molecule has 2 heterocycles. The van der Waals surface area contributed by atoms with Gasteiger partial charge < -0.3 is 5.11 Å². The third kappa shape index (κ3) is 3.59. The van der Waals surface area contributed by atoms with E-state index in [0.29, 0.717) is 22.1 Å². The monoisotopic (exact) mass is 442 g/mol. The van der Waals surface area contributed by atoms with E-state index in [4.69, 9.17) is 0 Å². The molecule has 0 amide bonds. The van der Waals surface area contributed by atoms with Gasteiger partial charge in [-0.15, -0.1) is 10.2 Å². The second-order valence-corrected chi connectivity index (χ2v) is 8.85. The molecule has 0 spiro atoms. The molecular weight excluding hydrogens is 420 g/mol. The lowest BCUT2D eigenvalue weighted by molar-refractivity contribution is 0.204. The minimum absolute atomic E-state index is 0.133. The molecule has 0 aliphatic heterocycles. The molecule has 0 aliphatic rings. The van der Waals surface area contributed by atoms with Gasteiger partial charge >= 0.3 is 0 Å². The largest absolute Gasteiger partial charge is 0.388 e. The number of aromatic nitrogens is 4. The molecule has 160 valence electrons. The summed E-state index contributed by atoms with van der Waals surface area (Å²) < 4.78 is 3.52. The van der Waals surface area contributed by atoms with Crippen molar-refractivity contribution in [2.24, 2.45) is 0 Å². The number of fused-ring (bicyclic) bond motifs is 3. The van der Waals surface area contributed by atoms with Crippen molar-refractivity contribution in [2.45, 2.75) is 25.1 Å². The van der Waals surface area contributed by atoms with Crippen LogP contribution in [0.15, 0.2) is 82.7 Å². The highest BCUT2D eigenvalue weighted by molar-refractivity contribution is 7.99. The lowest BCUT2D eigenvalue weighted by Crippen LogP contribution is -2.22. The number of aryl methyl sites for hydroxylation is 2. The molecule has 0 saturated carbocycles. The zero-order valence-corrected chi connectivity index (χ0v) is 18.6. The number of aliphatic hydroxyl groups excluding tert-OH is 1. The molecule has 32 heavy (non-hydrogen) atoms. The van der Waals surface area contributed by atoms with Crippen LogP contribution in [-0.2, 0) is 0 Å². The van der Waals surface area contributed by atoms with Crippen molar-refractivity contribution in [1.29, 1.82) is 0 Å². The number of para-hydroxylation sites is 1. The van der Waals surface area contributed by atoms with E-state index in [2.05, 4.69) is 16.3 Å². The molecule has 2 aromatic heterocycles. The molecular formula is C25H22N4O2S. The van der Waals surface area contributed by atoms with Crippen molar-refractivity contribution >= 4 is 28.4 Å². The van der Waals surface area contributed by atoms with Crippen molar-refractivity contribution in [3.05, 3.63) is 99.8 Å². The highest BCUT2D eigenvalue weighted by Gasteiger charge is 2.19. The van der Waals surface area contributed by atoms with Gasteiger partial charge in [0.25, 0.3) is 5.56 Å². The Hall–Kier alpha value is -3.42. The summed E-state index contributed by atoms with van der Waals surface area (Å²) in [6, 6.07) is 23.1. The first-order valence-corrected chi connectivity index (χ1v) is 11.3. The first-order valence-electron chi connectivity index (χ1n) is 10.4. The average Bonchev–Trinajstić information content (AvgIpc) is 3.21. The minimum atomic E-state index is -0.634. The smallest absolute Gasteiger partial charge is 0.267 e. The van der Waals surface area contributed by atoms with Crippen LogP contribution in [0.25, 0.3) is 22.4 Å². The number of aliphatic hydroxyl groups is 1. The summed E-state index contributed by atoms with van der Waals surface area (Å²) in [6.45, 7) is 4.02. The van der Waals surface area contributed by atoms with E-state index in [-0.39, 0.29) is 5.56 Å². The van der Waals surface area contributed by atoms with Gasteiger partial charge in [0, 0.05) is 5.75 Å². The molecule has 0 aliphatic carbocycles. The first kappa shape index (κ1) is 20.5. The molecule has 3 aromatic carbocycles. The maximum atomic E-state index is 13.5. The van der Waals surface area contributed by atoms with E-state index in [9.17, 15) is 9.90 Å². The zero-order chi connectivity index (χ0) is 22.2. The summed E-state index contributed by atoms with van der Waals surface area (Å²) in [7, 11) is 0. The summed E-state index contributed by atoms with van der Waals surface area (Å²) in [4.78, 5) is 13.5. The van der Waals surface area contributed by atoms with Crippen LogP contribution in [-0.4, -0.2) is 30.0 Å². The van der Waals surface area contributed by atoms with Crippen LogP contribution in [0.1, 0.15) is 22.8 Å². The number of hydrogen-bond acceptors (Lipinski definition) is 5. The van der Waals surface area contributed by atoms with Crippen molar-refractivity contribution in [1.82, 2.24) is 19.2 Å². The Morgan fingerprint density at radius 1 is 0.938 bits per heavy atom. The number of benzene rings is 3. The Morgan fingerprint density at radius 2 is 1.62 bits per heavy atom. The Balaban J connectivity index is 1.67. The van der Waals surface area contributed by atoms with E-state index in [1.165, 1.54) is 11.8 Å². The topological polar surface area (TPSA) is 72.4 Å². The fourth-order valence-corrected chi connectivity index (χ4v) is 4.92. The predicted molar refractivity (Wildman–Crippen MR) is 128 cm³/mol. The molecule has 0 unspecified atom stereocenters. The van der Waals surface area contributed by atoms with Gasteiger partial charge in [0.2, 0.25) is 5.78 Å². The summed E-state index contributed by atoms with van der Waals surface area (Å²) in [6.07, 6.45) is -0.634. The van der Waals surface area contributed by atoms with Crippen LogP contribution in [0.4, 0.5) is 0 Å². The first-order chi connectivity index (χ1) is 15.5. The SMILES string of the molecule is Cc1cc(C)cc(-n2c(=O)c3ccccc3n3c(SC[C@H](O)c4ccccc4)nnc23)c1. The Labute approximate surface area is 189 Å². The maximum Gasteiger partial charge on any atom is 0.267 e. The van der Waals surface area contributed by atoms with Crippen molar-refractivity contribution in [3.8, 4) is 5.69 Å². The summed E-state index contributed by atoms with van der Waals surface area (Å²) in [5, 5.41) is 20.6. The number of rotatable bonds is 5. The van der Waals surface area contributed by atoms with Crippen molar-refractivity contribution < 1.29 is 5.11 Å². The lowest BCUT2D eigenvalue weighted by atomic mass is 10.1. The minimum Gasteiger partial charge on any atom is -0.388 e. The summed E-state index contributed by atoms with van der Waals surface area (Å²) in [5.74, 6) is 0.873. The molecule has 7 heteroatoms. The normalized spacial score (nSPS) is 12.5. The van der Waals surface area contributed by atoms with Gasteiger partial charge in [-0.1, -0.05) is 60.3 Å². The Kier molecular flexibility index (Phi) is 5.28. The molecule has 1 N–H and O–H groups in total. The number of nitrogens with zero attached hydrogens (tertiary/aromatic N) is 4. The molecule has 0 radical (unpaired) electrons. The van der Waals surface area contributed by atoms with Gasteiger partial charge in [-0.25, -0.2) is 4.57 Å². The highest BCUT2D eigenvalue weighted by Crippen LogP contribution is 2.27. The molecule has 0 bridgehead atoms. The molecule has 5 rings (SSSR count). The fraction of sp³-hybridized carbons (Fsp3) is 0.160. The van der Waals surface area contributed by atoms with Gasteiger partial charge in [0.05, 0.1) is 22.7 Å². The van der Waals surface area contributed by atoms with Gasteiger partial charge in [-0.05, 0) is 54.8 Å². The maximum absolute atomic E-state index is 13.5. The van der Waals surface area contributed by atoms with Gasteiger partial charge in [0.1, 0.15) is 0 Å². The van der Waals surface area contributed by atoms with Crippen LogP contribution in [0.3, 0.4) is 0 Å². The van der Waals surface area contributed by atoms with Crippen molar-refractivity contribution in [2.75, 3.05) is 5.75 Å². The Bertz CT molecular complexity index is 1470. The van der Waals surface area contributed by atoms with E-state index >= 15 is 0 Å². The molecule has 6 nitrogen and oxygen atoms in total. The van der Waals surface area contributed by atoms with E-state index in [1.807, 2.05) is 85.0 Å². The third-order valence-corrected chi connectivity index (χ3v) is 6.42. The average molecular weight is 443 g/mol. The van der Waals surface area contributed by atoms with Gasteiger partial charge in [-0.3, -0.25) is 9.20 Å². The standard InChI is InChI=1S/C25H22N4O2S/c1-16-12-17(2)14-19(13-16)28-23(31)20-10-6-7-11-21(20)29-24(28)26-27-25(29)32-15-22(30)18-8-4-3-5-9-18/h3-14,22,30H,15H2,1-2H3/t22-/m0/s1. The van der Waals surface area contributed by atoms with Crippen LogP contribution in [0.2, 0.25) is 0 Å². The third-order valence-electron chi connectivity index (χ3n) is 5.41. The molecule has 1 atom stereocenters. The van der Waals surface area contributed by atoms with Crippen LogP contribution in [0, 0.1) is 13.8 Å². The van der Waals surface area contributed by atoms with Crippen LogP contribution < -0.4 is 5.56 Å². The zero-order valence-electron chi connectivity index (χ0n) is 17.8. The van der Waals surface area contributed by atoms with E-state index < -0.39 is 6.10 Å². The quantitative estimate of drug-likeness (QED) is 0.407. The Morgan fingerprint density at radius 3 is 2.38 bits per heavy atom. The highest BCUT2D eigenvalue weighted by atomic mass is 32.2. The van der Waals surface area contributed by atoms with Crippen LogP contribution in [0.5, 0.6) is 0 Å². The van der Waals surface area contributed by atoms with Gasteiger partial charge in [0.15, 0.2) is 5.16 Å². The lowest BCUT2D eigenvalue weighted by Gasteiger charge is -2.13. The fourth-order valence-electron chi connectivity index (χ4n) is 4.01. The molecule has 0 fully saturated rings. The molecule has 0 saturated heterocycles. The summed E-state index contributed by atoms with van der Waals surface area (Å²) >= 11 is 1.41. The van der Waals surface area contributed by atoms with Crippen molar-refractivity contribution in [3.63, 3.8) is 0 Å². The number of thioether (sulfide) groups is 1. The summed E-state index contributed by atoms with van der Waals surface area (Å²) in [5.41, 5.74) is 4.36. The second kappa shape index (κ2) is 8.26. The van der Waals surface area contributed by atoms with E-state index in [1.54, 1.807) is 4.57 Å². The van der Waals surface area contributed by atoms with Gasteiger partial charge in [-0.2, -0.15) is 0 Å². The second-order valence-electron chi connectivity index (χ2n) is 7.86. The van der Waals surface area contributed by atoms with Crippen LogP contribution >= 0.6 is 11.8 Å². The number of hydrogen-bond donors (Lipinski definition) is 1. The predicted octanol–water partition coefficient (Wildman–Crippen LogP) is 4.48.